The number of ether oxygens (including phenoxy) is 2. The first-order valence-corrected chi connectivity index (χ1v) is 4.77. The van der Waals surface area contributed by atoms with E-state index in [2.05, 4.69) is 10.1 Å². The molecule has 0 aliphatic heterocycles. The zero-order chi connectivity index (χ0) is 12.1. The lowest BCUT2D eigenvalue weighted by Gasteiger charge is -2.19. The van der Waals surface area contributed by atoms with Gasteiger partial charge in [0.2, 0.25) is 5.91 Å². The average molecular weight is 217 g/mol. The Bertz CT molecular complexity index is 232. The number of methoxy groups -OCH3 is 1. The van der Waals surface area contributed by atoms with Gasteiger partial charge in [0, 0.05) is 0 Å². The topological polar surface area (TPSA) is 64.6 Å². The fourth-order valence-corrected chi connectivity index (χ4v) is 0.801. The van der Waals surface area contributed by atoms with E-state index in [0.717, 1.165) is 0 Å². The van der Waals surface area contributed by atoms with Crippen LogP contribution in [0.25, 0.3) is 0 Å². The van der Waals surface area contributed by atoms with Gasteiger partial charge in [0.25, 0.3) is 0 Å². The summed E-state index contributed by atoms with van der Waals surface area (Å²) in [5.74, 6) is -0.804. The van der Waals surface area contributed by atoms with E-state index in [9.17, 15) is 9.59 Å². The molecule has 0 saturated heterocycles. The molecule has 0 spiro atoms. The van der Waals surface area contributed by atoms with Crippen molar-refractivity contribution in [3.8, 4) is 0 Å². The molecule has 1 atom stereocenters. The second kappa shape index (κ2) is 5.70. The third-order valence-electron chi connectivity index (χ3n) is 1.57. The predicted molar refractivity (Wildman–Crippen MR) is 55.3 cm³/mol. The maximum Gasteiger partial charge on any atom is 0.328 e. The van der Waals surface area contributed by atoms with E-state index in [1.807, 2.05) is 20.8 Å². The van der Waals surface area contributed by atoms with Crippen molar-refractivity contribution in [2.45, 2.75) is 39.3 Å². The number of amides is 1. The Morgan fingerprint density at radius 3 is 2.27 bits per heavy atom. The summed E-state index contributed by atoms with van der Waals surface area (Å²) in [5, 5.41) is 2.46. The molecule has 5 heteroatoms. The molecular formula is C10H19NO4. The SMILES string of the molecule is COC(=O)C(C)NC(=O)COC(C)(C)C. The zero-order valence-corrected chi connectivity index (χ0v) is 9.92. The highest BCUT2D eigenvalue weighted by Gasteiger charge is 2.18. The number of rotatable bonds is 4. The van der Waals surface area contributed by atoms with Crippen molar-refractivity contribution >= 4 is 11.9 Å². The van der Waals surface area contributed by atoms with Gasteiger partial charge < -0.3 is 14.8 Å². The molecule has 88 valence electrons. The van der Waals surface area contributed by atoms with E-state index in [4.69, 9.17) is 4.74 Å². The van der Waals surface area contributed by atoms with Gasteiger partial charge in [-0.3, -0.25) is 4.79 Å². The number of hydrogen-bond donors (Lipinski definition) is 1. The van der Waals surface area contributed by atoms with E-state index >= 15 is 0 Å². The highest BCUT2D eigenvalue weighted by Crippen LogP contribution is 2.05. The third-order valence-corrected chi connectivity index (χ3v) is 1.57. The fraction of sp³-hybridized carbons (Fsp3) is 0.800. The molecule has 0 aliphatic carbocycles. The molecule has 0 heterocycles. The monoisotopic (exact) mass is 217 g/mol. The summed E-state index contributed by atoms with van der Waals surface area (Å²) in [6.07, 6.45) is 0. The Morgan fingerprint density at radius 1 is 1.33 bits per heavy atom. The van der Waals surface area contributed by atoms with Crippen molar-refractivity contribution in [2.24, 2.45) is 0 Å². The first kappa shape index (κ1) is 13.9. The zero-order valence-electron chi connectivity index (χ0n) is 9.92. The van der Waals surface area contributed by atoms with Gasteiger partial charge in [-0.05, 0) is 27.7 Å². The van der Waals surface area contributed by atoms with Crippen LogP contribution < -0.4 is 5.32 Å². The smallest absolute Gasteiger partial charge is 0.328 e. The van der Waals surface area contributed by atoms with Crippen molar-refractivity contribution in [1.82, 2.24) is 5.32 Å². The van der Waals surface area contributed by atoms with Crippen LogP contribution in [0.15, 0.2) is 0 Å². The molecule has 0 aliphatic rings. The van der Waals surface area contributed by atoms with Crippen LogP contribution in [-0.2, 0) is 19.1 Å². The lowest BCUT2D eigenvalue weighted by atomic mass is 10.2. The first-order chi connectivity index (χ1) is 6.76. The van der Waals surface area contributed by atoms with Crippen molar-refractivity contribution in [3.05, 3.63) is 0 Å². The molecule has 1 N–H and O–H groups in total. The van der Waals surface area contributed by atoms with Crippen LogP contribution in [-0.4, -0.2) is 37.2 Å². The fourth-order valence-electron chi connectivity index (χ4n) is 0.801. The Hall–Kier alpha value is -1.10. The molecule has 0 saturated carbocycles. The second-order valence-electron chi connectivity index (χ2n) is 4.21. The van der Waals surface area contributed by atoms with Crippen molar-refractivity contribution < 1.29 is 19.1 Å². The number of esters is 1. The molecule has 0 fully saturated rings. The second-order valence-corrected chi connectivity index (χ2v) is 4.21. The lowest BCUT2D eigenvalue weighted by Crippen LogP contribution is -2.42. The van der Waals surface area contributed by atoms with E-state index in [-0.39, 0.29) is 18.1 Å². The van der Waals surface area contributed by atoms with Crippen LogP contribution in [0.1, 0.15) is 27.7 Å². The summed E-state index contributed by atoms with van der Waals surface area (Å²) in [6, 6.07) is -0.647. The number of carbonyl (C=O) groups is 2. The quantitative estimate of drug-likeness (QED) is 0.696. The minimum Gasteiger partial charge on any atom is -0.467 e. The number of carbonyl (C=O) groups excluding carboxylic acids is 2. The van der Waals surface area contributed by atoms with Gasteiger partial charge >= 0.3 is 5.97 Å². The highest BCUT2D eigenvalue weighted by molar-refractivity contribution is 5.84. The van der Waals surface area contributed by atoms with Gasteiger partial charge in [0.05, 0.1) is 12.7 Å². The van der Waals surface area contributed by atoms with Crippen LogP contribution in [0.2, 0.25) is 0 Å². The van der Waals surface area contributed by atoms with E-state index < -0.39 is 12.0 Å². The molecule has 0 aromatic heterocycles. The average Bonchev–Trinajstić information content (AvgIpc) is 2.12. The molecule has 0 radical (unpaired) electrons. The predicted octanol–water partition coefficient (Wildman–Crippen LogP) is 0.479. The van der Waals surface area contributed by atoms with Crippen LogP contribution in [0.4, 0.5) is 0 Å². The first-order valence-electron chi connectivity index (χ1n) is 4.77. The molecular weight excluding hydrogens is 198 g/mol. The van der Waals surface area contributed by atoms with Crippen LogP contribution in [0, 0.1) is 0 Å². The molecule has 5 nitrogen and oxygen atoms in total. The number of hydrogen-bond acceptors (Lipinski definition) is 4. The normalized spacial score (nSPS) is 13.1. The molecule has 1 amide bonds. The van der Waals surface area contributed by atoms with Crippen LogP contribution >= 0.6 is 0 Å². The maximum absolute atomic E-state index is 11.3. The van der Waals surface area contributed by atoms with Crippen molar-refractivity contribution in [3.63, 3.8) is 0 Å². The molecule has 0 bridgehead atoms. The Balaban J connectivity index is 3.89. The van der Waals surface area contributed by atoms with Gasteiger partial charge in [-0.15, -0.1) is 0 Å². The van der Waals surface area contributed by atoms with E-state index in [0.29, 0.717) is 0 Å². The molecule has 0 aromatic rings. The molecule has 15 heavy (non-hydrogen) atoms. The summed E-state index contributed by atoms with van der Waals surface area (Å²) < 4.78 is 9.71. The van der Waals surface area contributed by atoms with Gasteiger partial charge in [-0.2, -0.15) is 0 Å². The summed E-state index contributed by atoms with van der Waals surface area (Å²) in [5.41, 5.74) is -0.369. The largest absolute Gasteiger partial charge is 0.467 e. The summed E-state index contributed by atoms with van der Waals surface area (Å²) in [4.78, 5) is 22.2. The Morgan fingerprint density at radius 2 is 1.87 bits per heavy atom. The Kier molecular flexibility index (Phi) is 5.28. The van der Waals surface area contributed by atoms with Gasteiger partial charge in [0.15, 0.2) is 0 Å². The molecule has 0 rings (SSSR count). The van der Waals surface area contributed by atoms with Crippen LogP contribution in [0.5, 0.6) is 0 Å². The van der Waals surface area contributed by atoms with E-state index in [1.165, 1.54) is 7.11 Å². The highest BCUT2D eigenvalue weighted by atomic mass is 16.5. The Labute approximate surface area is 90.1 Å². The maximum atomic E-state index is 11.3. The van der Waals surface area contributed by atoms with Crippen molar-refractivity contribution in [2.75, 3.05) is 13.7 Å². The number of nitrogens with one attached hydrogen (secondary N) is 1. The third kappa shape index (κ3) is 6.90. The molecule has 0 aromatic carbocycles. The minimum absolute atomic E-state index is 0.0646. The standard InChI is InChI=1S/C10H19NO4/c1-7(9(13)14-5)11-8(12)6-15-10(2,3)4/h7H,6H2,1-5H3,(H,11,12). The van der Waals surface area contributed by atoms with Crippen LogP contribution in [0.3, 0.4) is 0 Å². The van der Waals surface area contributed by atoms with Gasteiger partial charge in [0.1, 0.15) is 12.6 Å². The van der Waals surface area contributed by atoms with Crippen molar-refractivity contribution in [1.29, 1.82) is 0 Å². The summed E-state index contributed by atoms with van der Waals surface area (Å²) in [7, 11) is 1.27. The summed E-state index contributed by atoms with van der Waals surface area (Å²) >= 11 is 0. The van der Waals surface area contributed by atoms with Gasteiger partial charge in [-0.25, -0.2) is 4.79 Å². The summed E-state index contributed by atoms with van der Waals surface area (Å²) in [6.45, 7) is 7.05. The van der Waals surface area contributed by atoms with E-state index in [1.54, 1.807) is 6.92 Å². The minimum atomic E-state index is -0.647. The molecule has 1 unspecified atom stereocenters. The lowest BCUT2D eigenvalue weighted by molar-refractivity contribution is -0.145. The van der Waals surface area contributed by atoms with Gasteiger partial charge in [-0.1, -0.05) is 0 Å².